The molecule has 0 aromatic heterocycles. The van der Waals surface area contributed by atoms with E-state index in [1.165, 1.54) is 7.11 Å². The molecule has 1 aromatic rings. The van der Waals surface area contributed by atoms with E-state index in [4.69, 9.17) is 15.7 Å². The summed E-state index contributed by atoms with van der Waals surface area (Å²) in [5, 5.41) is 9.05. The van der Waals surface area contributed by atoms with Crippen LogP contribution in [0, 0.1) is 11.3 Å². The molecule has 1 aliphatic rings. The molecule has 4 heteroatoms. The molecular formula is C14H18N2O2. The first-order chi connectivity index (χ1) is 8.65. The van der Waals surface area contributed by atoms with Gasteiger partial charge in [-0.1, -0.05) is 19.9 Å². The normalized spacial score (nSPS) is 14.8. The maximum atomic E-state index is 11.5. The van der Waals surface area contributed by atoms with Gasteiger partial charge in [0.15, 0.2) is 0 Å². The second-order valence-electron chi connectivity index (χ2n) is 3.94. The van der Waals surface area contributed by atoms with Crippen LogP contribution in [0.2, 0.25) is 0 Å². The second kappa shape index (κ2) is 5.54. The molecule has 0 atom stereocenters. The molecular weight excluding hydrogens is 228 g/mol. The lowest BCUT2D eigenvalue weighted by Crippen LogP contribution is -2.29. The third kappa shape index (κ3) is 2.17. The zero-order valence-corrected chi connectivity index (χ0v) is 11.0. The van der Waals surface area contributed by atoms with E-state index in [0.717, 1.165) is 0 Å². The highest BCUT2D eigenvalue weighted by molar-refractivity contribution is 5.91. The zero-order chi connectivity index (χ0) is 13.8. The van der Waals surface area contributed by atoms with Crippen LogP contribution in [0.4, 0.5) is 0 Å². The Bertz CT molecular complexity index is 485. The number of benzene rings is 1. The van der Waals surface area contributed by atoms with E-state index in [1.807, 2.05) is 13.8 Å². The first kappa shape index (κ1) is 14.0. The van der Waals surface area contributed by atoms with Gasteiger partial charge in [-0.2, -0.15) is 5.26 Å². The van der Waals surface area contributed by atoms with Gasteiger partial charge in [-0.3, -0.25) is 4.79 Å². The fourth-order valence-electron chi connectivity index (χ4n) is 2.03. The van der Waals surface area contributed by atoms with Crippen molar-refractivity contribution >= 4 is 5.91 Å². The fraction of sp³-hybridized carbons (Fsp3) is 0.429. The van der Waals surface area contributed by atoms with E-state index < -0.39 is 5.41 Å². The van der Waals surface area contributed by atoms with E-state index in [1.54, 1.807) is 18.2 Å². The average molecular weight is 246 g/mol. The molecule has 1 fully saturated rings. The van der Waals surface area contributed by atoms with Crippen LogP contribution >= 0.6 is 0 Å². The van der Waals surface area contributed by atoms with Crippen LogP contribution in [0.5, 0.6) is 5.75 Å². The predicted molar refractivity (Wildman–Crippen MR) is 69.2 cm³/mol. The number of hydrogen-bond donors (Lipinski definition) is 1. The number of carbonyl (C=O) groups excluding carboxylic acids is 1. The molecule has 4 nitrogen and oxygen atoms in total. The predicted octanol–water partition coefficient (Wildman–Crippen LogP) is 2.11. The Morgan fingerprint density at radius 1 is 1.44 bits per heavy atom. The van der Waals surface area contributed by atoms with Crippen LogP contribution in [0.3, 0.4) is 0 Å². The molecule has 0 spiro atoms. The molecule has 0 radical (unpaired) electrons. The molecule has 1 aliphatic carbocycles. The van der Waals surface area contributed by atoms with E-state index in [2.05, 4.69) is 6.07 Å². The highest BCUT2D eigenvalue weighted by atomic mass is 16.5. The van der Waals surface area contributed by atoms with Gasteiger partial charge in [0.1, 0.15) is 5.75 Å². The zero-order valence-electron chi connectivity index (χ0n) is 11.0. The number of carbonyl (C=O) groups is 1. The van der Waals surface area contributed by atoms with Gasteiger partial charge in [0.2, 0.25) is 5.91 Å². The molecule has 0 saturated heterocycles. The van der Waals surface area contributed by atoms with Crippen molar-refractivity contribution < 1.29 is 9.53 Å². The first-order valence-corrected chi connectivity index (χ1v) is 6.03. The van der Waals surface area contributed by atoms with Crippen molar-refractivity contribution in [2.45, 2.75) is 32.1 Å². The number of rotatable bonds is 3. The monoisotopic (exact) mass is 246 g/mol. The van der Waals surface area contributed by atoms with Crippen molar-refractivity contribution in [2.24, 2.45) is 5.73 Å². The van der Waals surface area contributed by atoms with Crippen molar-refractivity contribution in [3.05, 3.63) is 29.3 Å². The summed E-state index contributed by atoms with van der Waals surface area (Å²) in [6, 6.07) is 7.25. The summed E-state index contributed by atoms with van der Waals surface area (Å²) in [5.74, 6) is 0.184. The summed E-state index contributed by atoms with van der Waals surface area (Å²) < 4.78 is 5.21. The number of amides is 1. The molecule has 0 unspecified atom stereocenters. The number of nitrogens with two attached hydrogens (primary N) is 1. The van der Waals surface area contributed by atoms with Gasteiger partial charge in [0, 0.05) is 5.56 Å². The Hall–Kier alpha value is -2.02. The summed E-state index contributed by atoms with van der Waals surface area (Å²) in [6.45, 7) is 4.00. The molecule has 1 aromatic carbocycles. The van der Waals surface area contributed by atoms with Crippen LogP contribution in [0.15, 0.2) is 18.2 Å². The molecule has 1 amide bonds. The molecule has 0 aliphatic heterocycles. The van der Waals surface area contributed by atoms with Crippen LogP contribution in [0.25, 0.3) is 0 Å². The summed E-state index contributed by atoms with van der Waals surface area (Å²) in [4.78, 5) is 11.5. The van der Waals surface area contributed by atoms with Gasteiger partial charge in [-0.15, -0.1) is 0 Å². The second-order valence-corrected chi connectivity index (χ2v) is 3.94. The van der Waals surface area contributed by atoms with E-state index in [9.17, 15) is 4.79 Å². The largest absolute Gasteiger partial charge is 0.496 e. The summed E-state index contributed by atoms with van der Waals surface area (Å²) in [7, 11) is 1.52. The van der Waals surface area contributed by atoms with Crippen LogP contribution in [-0.2, 0) is 10.2 Å². The minimum absolute atomic E-state index is 0.381. The molecule has 1 saturated carbocycles. The molecule has 2 N–H and O–H groups in total. The fourth-order valence-corrected chi connectivity index (χ4v) is 2.03. The van der Waals surface area contributed by atoms with Crippen LogP contribution < -0.4 is 10.5 Å². The van der Waals surface area contributed by atoms with Crippen LogP contribution in [-0.4, -0.2) is 13.0 Å². The number of primary amides is 1. The minimum atomic E-state index is -0.683. The highest BCUT2D eigenvalue weighted by Gasteiger charge is 2.53. The molecule has 0 bridgehead atoms. The number of hydrogen-bond acceptors (Lipinski definition) is 3. The van der Waals surface area contributed by atoms with Crippen LogP contribution in [0.1, 0.15) is 37.8 Å². The highest BCUT2D eigenvalue weighted by Crippen LogP contribution is 2.52. The van der Waals surface area contributed by atoms with Gasteiger partial charge in [0.25, 0.3) is 0 Å². The van der Waals surface area contributed by atoms with Crippen molar-refractivity contribution in [1.82, 2.24) is 0 Å². The van der Waals surface area contributed by atoms with Crippen molar-refractivity contribution in [3.8, 4) is 11.8 Å². The summed E-state index contributed by atoms with van der Waals surface area (Å²) in [5.41, 5.74) is 5.84. The Kier molecular flexibility index (Phi) is 4.33. The minimum Gasteiger partial charge on any atom is -0.496 e. The van der Waals surface area contributed by atoms with Gasteiger partial charge >= 0.3 is 0 Å². The number of ether oxygens (including phenoxy) is 1. The third-order valence-corrected chi connectivity index (χ3v) is 3.07. The summed E-state index contributed by atoms with van der Waals surface area (Å²) in [6.07, 6.45) is 1.38. The quantitative estimate of drug-likeness (QED) is 0.887. The van der Waals surface area contributed by atoms with Gasteiger partial charge in [0.05, 0.1) is 24.2 Å². The van der Waals surface area contributed by atoms with E-state index in [0.29, 0.717) is 29.7 Å². The maximum Gasteiger partial charge on any atom is 0.228 e. The SMILES string of the molecule is CC.COc1cccc(C#N)c1C1(C(N)=O)CC1. The van der Waals surface area contributed by atoms with E-state index in [-0.39, 0.29) is 5.91 Å². The molecule has 2 rings (SSSR count). The topological polar surface area (TPSA) is 76.1 Å². The van der Waals surface area contributed by atoms with E-state index >= 15 is 0 Å². The Morgan fingerprint density at radius 3 is 2.44 bits per heavy atom. The summed E-state index contributed by atoms with van der Waals surface area (Å²) >= 11 is 0. The lowest BCUT2D eigenvalue weighted by Gasteiger charge is -2.16. The molecule has 0 heterocycles. The number of nitrogens with zero attached hydrogens (tertiary/aromatic N) is 1. The molecule has 18 heavy (non-hydrogen) atoms. The standard InChI is InChI=1S/C12H12N2O2.C2H6/c1-16-9-4-2-3-8(7-13)10(9)12(5-6-12)11(14)15;1-2/h2-4H,5-6H2,1H3,(H2,14,15);1-2H3. The van der Waals surface area contributed by atoms with Crippen molar-refractivity contribution in [3.63, 3.8) is 0 Å². The van der Waals surface area contributed by atoms with Crippen molar-refractivity contribution in [1.29, 1.82) is 5.26 Å². The molecule has 96 valence electrons. The average Bonchev–Trinajstić information content (AvgIpc) is 3.21. The Balaban J connectivity index is 0.000000771. The third-order valence-electron chi connectivity index (χ3n) is 3.07. The smallest absolute Gasteiger partial charge is 0.228 e. The lowest BCUT2D eigenvalue weighted by atomic mass is 9.90. The van der Waals surface area contributed by atoms with Gasteiger partial charge in [-0.05, 0) is 25.0 Å². The lowest BCUT2D eigenvalue weighted by molar-refractivity contribution is -0.120. The van der Waals surface area contributed by atoms with Gasteiger partial charge < -0.3 is 10.5 Å². The Morgan fingerprint density at radius 2 is 2.06 bits per heavy atom. The number of nitriles is 1. The first-order valence-electron chi connectivity index (χ1n) is 6.03. The number of methoxy groups -OCH3 is 1. The maximum absolute atomic E-state index is 11.5. The Labute approximate surface area is 107 Å². The van der Waals surface area contributed by atoms with Gasteiger partial charge in [-0.25, -0.2) is 0 Å². The van der Waals surface area contributed by atoms with Crippen molar-refractivity contribution in [2.75, 3.05) is 7.11 Å².